The molecule has 2 aliphatic rings. The predicted molar refractivity (Wildman–Crippen MR) is 69.4 cm³/mol. The molecule has 18 heavy (non-hydrogen) atoms. The third-order valence-electron chi connectivity index (χ3n) is 4.83. The Morgan fingerprint density at radius 1 is 1.28 bits per heavy atom. The number of hydrogen-bond acceptors (Lipinski definition) is 2. The fraction of sp³-hybridized carbons (Fsp3) is 0.533. The molecule has 1 fully saturated rings. The third-order valence-corrected chi connectivity index (χ3v) is 4.83. The lowest BCUT2D eigenvalue weighted by Gasteiger charge is -2.34. The van der Waals surface area contributed by atoms with E-state index in [1.54, 1.807) is 0 Å². The molecule has 3 heteroatoms. The van der Waals surface area contributed by atoms with Crippen LogP contribution in [0.15, 0.2) is 18.2 Å². The van der Waals surface area contributed by atoms with Crippen LogP contribution in [-0.2, 0) is 15.8 Å². The van der Waals surface area contributed by atoms with Gasteiger partial charge in [0.05, 0.1) is 18.2 Å². The minimum Gasteiger partial charge on any atom is -0.453 e. The summed E-state index contributed by atoms with van der Waals surface area (Å²) in [6, 6.07) is 6.37. The zero-order valence-electron chi connectivity index (χ0n) is 11.4. The summed E-state index contributed by atoms with van der Waals surface area (Å²) in [5.41, 5.74) is 3.48. The number of carbonyl (C=O) groups is 1. The summed E-state index contributed by atoms with van der Waals surface area (Å²) in [5, 5.41) is 0. The van der Waals surface area contributed by atoms with E-state index in [9.17, 15) is 4.79 Å². The first-order chi connectivity index (χ1) is 8.45. The van der Waals surface area contributed by atoms with Gasteiger partial charge in [-0.25, -0.2) is 4.79 Å². The van der Waals surface area contributed by atoms with E-state index in [4.69, 9.17) is 4.74 Å². The van der Waals surface area contributed by atoms with Crippen LogP contribution in [0.1, 0.15) is 43.4 Å². The van der Waals surface area contributed by atoms with E-state index in [1.807, 2.05) is 4.90 Å². The van der Waals surface area contributed by atoms with Crippen LogP contribution >= 0.6 is 0 Å². The molecule has 3 nitrogen and oxygen atoms in total. The van der Waals surface area contributed by atoms with Gasteiger partial charge in [-0.3, -0.25) is 4.90 Å². The molecule has 2 atom stereocenters. The number of methoxy groups -OCH3 is 1. The van der Waals surface area contributed by atoms with Crippen molar-refractivity contribution >= 4 is 6.09 Å². The van der Waals surface area contributed by atoms with Gasteiger partial charge in [-0.2, -0.15) is 0 Å². The van der Waals surface area contributed by atoms with Gasteiger partial charge in [0.15, 0.2) is 0 Å². The van der Waals surface area contributed by atoms with Gasteiger partial charge in [-0.15, -0.1) is 0 Å². The lowest BCUT2D eigenvalue weighted by Crippen LogP contribution is -2.45. The minimum absolute atomic E-state index is 0.205. The van der Waals surface area contributed by atoms with Crippen molar-refractivity contribution < 1.29 is 9.53 Å². The molecule has 2 bridgehead atoms. The van der Waals surface area contributed by atoms with Crippen molar-refractivity contribution in [1.29, 1.82) is 0 Å². The second-order valence-corrected chi connectivity index (χ2v) is 5.85. The van der Waals surface area contributed by atoms with E-state index in [-0.39, 0.29) is 17.2 Å². The highest BCUT2D eigenvalue weighted by Crippen LogP contribution is 2.60. The molecular formula is C15H19NO2. The molecule has 0 aromatic heterocycles. The maximum atomic E-state index is 12.2. The number of fused-ring (bicyclic) bond motifs is 5. The van der Waals surface area contributed by atoms with Gasteiger partial charge in [-0.05, 0) is 50.3 Å². The zero-order chi connectivity index (χ0) is 13.1. The number of aryl methyl sites for hydroxylation is 1. The molecular weight excluding hydrogens is 226 g/mol. The van der Waals surface area contributed by atoms with Crippen molar-refractivity contribution in [2.75, 3.05) is 7.11 Å². The van der Waals surface area contributed by atoms with Crippen LogP contribution in [0.2, 0.25) is 0 Å². The lowest BCUT2D eigenvalue weighted by atomic mass is 9.76. The Bertz CT molecular complexity index is 539. The van der Waals surface area contributed by atoms with Crippen LogP contribution in [-0.4, -0.2) is 18.1 Å². The molecule has 1 saturated heterocycles. The van der Waals surface area contributed by atoms with Crippen LogP contribution < -0.4 is 0 Å². The molecule has 0 aliphatic carbocycles. The number of ether oxygens (including phenoxy) is 1. The largest absolute Gasteiger partial charge is 0.453 e. The predicted octanol–water partition coefficient (Wildman–Crippen LogP) is 3.30. The molecule has 96 valence electrons. The van der Waals surface area contributed by atoms with Gasteiger partial charge in [0.2, 0.25) is 0 Å². The second-order valence-electron chi connectivity index (χ2n) is 5.85. The summed E-state index contributed by atoms with van der Waals surface area (Å²) >= 11 is 0. The first kappa shape index (κ1) is 11.6. The summed E-state index contributed by atoms with van der Waals surface area (Å²) in [5.74, 6) is 0. The summed E-state index contributed by atoms with van der Waals surface area (Å²) in [6.07, 6.45) is 1.80. The molecule has 0 radical (unpaired) electrons. The van der Waals surface area contributed by atoms with Gasteiger partial charge >= 0.3 is 6.09 Å². The van der Waals surface area contributed by atoms with Crippen molar-refractivity contribution in [3.05, 3.63) is 34.9 Å². The molecule has 1 amide bonds. The van der Waals surface area contributed by atoms with Gasteiger partial charge in [0.1, 0.15) is 0 Å². The van der Waals surface area contributed by atoms with Gasteiger partial charge in [-0.1, -0.05) is 18.2 Å². The Morgan fingerprint density at radius 2 is 1.94 bits per heavy atom. The monoisotopic (exact) mass is 245 g/mol. The number of hydrogen-bond donors (Lipinski definition) is 0. The number of benzene rings is 1. The van der Waals surface area contributed by atoms with E-state index < -0.39 is 0 Å². The fourth-order valence-corrected chi connectivity index (χ4v) is 4.07. The number of carbonyl (C=O) groups excluding carboxylic acids is 1. The molecule has 0 unspecified atom stereocenters. The summed E-state index contributed by atoms with van der Waals surface area (Å²) in [4.78, 5) is 14.1. The number of nitrogens with zero attached hydrogens (tertiary/aromatic N) is 1. The summed E-state index contributed by atoms with van der Waals surface area (Å²) in [6.45, 7) is 6.44. The maximum Gasteiger partial charge on any atom is 0.410 e. The van der Waals surface area contributed by atoms with Crippen LogP contribution in [0.4, 0.5) is 4.79 Å². The Morgan fingerprint density at radius 3 is 2.56 bits per heavy atom. The Labute approximate surface area is 108 Å². The first-order valence-corrected chi connectivity index (χ1v) is 6.44. The van der Waals surface area contributed by atoms with Crippen LogP contribution in [0.25, 0.3) is 0 Å². The topological polar surface area (TPSA) is 29.5 Å². The van der Waals surface area contributed by atoms with Gasteiger partial charge in [0.25, 0.3) is 0 Å². The molecule has 0 saturated carbocycles. The Hall–Kier alpha value is -1.51. The summed E-state index contributed by atoms with van der Waals surface area (Å²) in [7, 11) is 1.46. The van der Waals surface area contributed by atoms with Crippen molar-refractivity contribution in [3.63, 3.8) is 0 Å². The quantitative estimate of drug-likeness (QED) is 0.702. The van der Waals surface area contributed by atoms with Crippen molar-refractivity contribution in [3.8, 4) is 0 Å². The average Bonchev–Trinajstić information content (AvgIpc) is 2.72. The van der Waals surface area contributed by atoms with Gasteiger partial charge < -0.3 is 4.74 Å². The van der Waals surface area contributed by atoms with E-state index in [0.717, 1.165) is 12.8 Å². The van der Waals surface area contributed by atoms with E-state index in [2.05, 4.69) is 39.0 Å². The molecule has 3 rings (SSSR count). The Balaban J connectivity index is 2.27. The standard InChI is InChI=1S/C15H19NO2/c1-10-6-5-7-11-12(10)15(3)9-8-14(11,2)16(15)13(17)18-4/h5-7H,8-9H2,1-4H3/t14-,15+/m0/s1. The van der Waals surface area contributed by atoms with Crippen molar-refractivity contribution in [1.82, 2.24) is 4.90 Å². The molecule has 1 aromatic rings. The smallest absolute Gasteiger partial charge is 0.410 e. The van der Waals surface area contributed by atoms with Crippen molar-refractivity contribution in [2.24, 2.45) is 0 Å². The normalized spacial score (nSPS) is 32.6. The second kappa shape index (κ2) is 3.28. The molecule has 2 aliphatic heterocycles. The highest BCUT2D eigenvalue weighted by Gasteiger charge is 2.62. The van der Waals surface area contributed by atoms with Crippen LogP contribution in [0, 0.1) is 6.92 Å². The number of rotatable bonds is 0. The Kier molecular flexibility index (Phi) is 2.11. The van der Waals surface area contributed by atoms with Gasteiger partial charge in [0, 0.05) is 0 Å². The average molecular weight is 245 g/mol. The number of amides is 1. The molecule has 0 N–H and O–H groups in total. The van der Waals surface area contributed by atoms with E-state index >= 15 is 0 Å². The molecule has 2 heterocycles. The SMILES string of the molecule is COC(=O)N1[C@@]2(C)CC[C@]1(C)c1c(C)cccc12. The molecule has 1 aromatic carbocycles. The first-order valence-electron chi connectivity index (χ1n) is 6.44. The maximum absolute atomic E-state index is 12.2. The zero-order valence-corrected chi connectivity index (χ0v) is 11.4. The van der Waals surface area contributed by atoms with E-state index in [0.29, 0.717) is 0 Å². The highest BCUT2D eigenvalue weighted by atomic mass is 16.5. The van der Waals surface area contributed by atoms with Crippen LogP contribution in [0.5, 0.6) is 0 Å². The summed E-state index contributed by atoms with van der Waals surface area (Å²) < 4.78 is 5.00. The molecule has 0 spiro atoms. The minimum atomic E-state index is -0.215. The third kappa shape index (κ3) is 1.08. The van der Waals surface area contributed by atoms with Crippen LogP contribution in [0.3, 0.4) is 0 Å². The van der Waals surface area contributed by atoms with E-state index in [1.165, 1.54) is 23.8 Å². The van der Waals surface area contributed by atoms with Crippen molar-refractivity contribution in [2.45, 2.75) is 44.7 Å². The highest BCUT2D eigenvalue weighted by molar-refractivity contribution is 5.74. The lowest BCUT2D eigenvalue weighted by molar-refractivity contribution is 0.0563. The fourth-order valence-electron chi connectivity index (χ4n) is 4.07.